The lowest BCUT2D eigenvalue weighted by Crippen LogP contribution is -2.53. The molecule has 5 atom stereocenters. The molecule has 0 spiro atoms. The van der Waals surface area contributed by atoms with Crippen LogP contribution in [0, 0.1) is 17.2 Å². The summed E-state index contributed by atoms with van der Waals surface area (Å²) in [7, 11) is 1.63. The van der Waals surface area contributed by atoms with Crippen molar-refractivity contribution >= 4 is 17.7 Å². The third-order valence-electron chi connectivity index (χ3n) is 7.94. The van der Waals surface area contributed by atoms with Crippen molar-refractivity contribution in [3.05, 3.63) is 34.9 Å². The van der Waals surface area contributed by atoms with Gasteiger partial charge in [-0.15, -0.1) is 0 Å². The molecule has 1 aromatic carbocycles. The summed E-state index contributed by atoms with van der Waals surface area (Å²) in [6.45, 7) is 3.92. The normalized spacial score (nSPS) is 29.3. The molecule has 4 aliphatic rings. The van der Waals surface area contributed by atoms with E-state index in [0.29, 0.717) is 18.7 Å². The summed E-state index contributed by atoms with van der Waals surface area (Å²) in [5.74, 6) is -0.125. The number of amides is 3. The minimum atomic E-state index is -0.307. The predicted molar refractivity (Wildman–Crippen MR) is 121 cm³/mol. The summed E-state index contributed by atoms with van der Waals surface area (Å²) in [5, 5.41) is 12.0. The van der Waals surface area contributed by atoms with Crippen LogP contribution in [-0.4, -0.2) is 77.2 Å². The molecule has 8 heteroatoms. The Bertz CT molecular complexity index is 1030. The minimum Gasteiger partial charge on any atom is -0.355 e. The summed E-state index contributed by atoms with van der Waals surface area (Å²) >= 11 is 0. The first-order chi connectivity index (χ1) is 15.9. The van der Waals surface area contributed by atoms with Crippen LogP contribution in [0.15, 0.2) is 18.2 Å². The van der Waals surface area contributed by atoms with Crippen molar-refractivity contribution in [1.29, 1.82) is 5.26 Å². The summed E-state index contributed by atoms with van der Waals surface area (Å²) in [4.78, 5) is 44.2. The average Bonchev–Trinajstić information content (AvgIpc) is 3.60. The van der Waals surface area contributed by atoms with Gasteiger partial charge in [0.15, 0.2) is 0 Å². The monoisotopic (exact) mass is 449 g/mol. The average molecular weight is 450 g/mol. The van der Waals surface area contributed by atoms with Crippen LogP contribution in [-0.2, 0) is 16.0 Å². The number of nitriles is 1. The molecule has 174 valence electrons. The molecule has 8 nitrogen and oxygen atoms in total. The highest BCUT2D eigenvalue weighted by Gasteiger charge is 2.53. The van der Waals surface area contributed by atoms with E-state index in [1.54, 1.807) is 11.9 Å². The molecule has 3 aliphatic heterocycles. The Morgan fingerprint density at radius 3 is 2.82 bits per heavy atom. The largest absolute Gasteiger partial charge is 0.355 e. The molecule has 0 radical (unpaired) electrons. The number of nitrogens with zero attached hydrogens (tertiary/aromatic N) is 4. The van der Waals surface area contributed by atoms with Gasteiger partial charge in [0.1, 0.15) is 6.04 Å². The molecular weight excluding hydrogens is 418 g/mol. The first-order valence-corrected chi connectivity index (χ1v) is 12.0. The lowest BCUT2D eigenvalue weighted by molar-refractivity contribution is -0.142. The fourth-order valence-corrected chi connectivity index (χ4v) is 6.35. The van der Waals surface area contributed by atoms with Crippen LogP contribution in [0.4, 0.5) is 0 Å². The number of nitrogens with one attached hydrogen (secondary N) is 1. The Balaban J connectivity index is 1.25. The van der Waals surface area contributed by atoms with Gasteiger partial charge in [-0.05, 0) is 55.4 Å². The number of hydrogen-bond acceptors (Lipinski definition) is 5. The van der Waals surface area contributed by atoms with Gasteiger partial charge in [0.2, 0.25) is 11.8 Å². The number of carbonyl (C=O) groups is 3. The first kappa shape index (κ1) is 21.9. The van der Waals surface area contributed by atoms with Crippen LogP contribution in [0.3, 0.4) is 0 Å². The Hall–Kier alpha value is -2.92. The molecule has 0 saturated carbocycles. The Kier molecular flexibility index (Phi) is 5.61. The fourth-order valence-electron chi connectivity index (χ4n) is 6.35. The third kappa shape index (κ3) is 3.59. The zero-order valence-corrected chi connectivity index (χ0v) is 19.3. The zero-order chi connectivity index (χ0) is 23.3. The van der Waals surface area contributed by atoms with E-state index in [4.69, 9.17) is 0 Å². The van der Waals surface area contributed by atoms with Crippen molar-refractivity contribution in [2.24, 2.45) is 5.92 Å². The molecule has 2 bridgehead atoms. The van der Waals surface area contributed by atoms with Crippen molar-refractivity contribution in [3.63, 3.8) is 0 Å². The van der Waals surface area contributed by atoms with Gasteiger partial charge in [-0.25, -0.2) is 0 Å². The molecule has 3 heterocycles. The maximum Gasteiger partial charge on any atom is 0.251 e. The second-order valence-electron chi connectivity index (χ2n) is 9.87. The van der Waals surface area contributed by atoms with Crippen molar-refractivity contribution in [1.82, 2.24) is 20.0 Å². The first-order valence-electron chi connectivity index (χ1n) is 12.0. The van der Waals surface area contributed by atoms with Crippen molar-refractivity contribution in [3.8, 4) is 6.07 Å². The van der Waals surface area contributed by atoms with Crippen LogP contribution < -0.4 is 5.32 Å². The molecule has 3 saturated heterocycles. The van der Waals surface area contributed by atoms with Gasteiger partial charge >= 0.3 is 0 Å². The molecule has 3 amide bonds. The number of hydrogen-bond donors (Lipinski definition) is 1. The molecule has 1 N–H and O–H groups in total. The van der Waals surface area contributed by atoms with Crippen LogP contribution in [0.2, 0.25) is 0 Å². The quantitative estimate of drug-likeness (QED) is 0.734. The second-order valence-corrected chi connectivity index (χ2v) is 9.87. The Morgan fingerprint density at radius 1 is 1.27 bits per heavy atom. The van der Waals surface area contributed by atoms with Gasteiger partial charge < -0.3 is 15.1 Å². The van der Waals surface area contributed by atoms with Crippen molar-refractivity contribution < 1.29 is 14.4 Å². The molecule has 3 fully saturated rings. The van der Waals surface area contributed by atoms with E-state index in [2.05, 4.69) is 21.2 Å². The molecule has 33 heavy (non-hydrogen) atoms. The van der Waals surface area contributed by atoms with Crippen LogP contribution in [0.1, 0.15) is 60.1 Å². The number of benzene rings is 1. The second kappa shape index (κ2) is 8.45. The van der Waals surface area contributed by atoms with Gasteiger partial charge in [0.25, 0.3) is 5.91 Å². The van der Waals surface area contributed by atoms with E-state index >= 15 is 0 Å². The van der Waals surface area contributed by atoms with E-state index in [1.165, 1.54) is 0 Å². The smallest absolute Gasteiger partial charge is 0.251 e. The summed E-state index contributed by atoms with van der Waals surface area (Å²) in [6.07, 6.45) is 4.21. The van der Waals surface area contributed by atoms with Gasteiger partial charge in [-0.2, -0.15) is 5.26 Å². The standard InChI is InChI=1S/C25H31N5O3/c1-15(24(32)29-9-3-4-18(29)12-26)13-28-14-19-11-22(28)25(33)30(19)21-8-6-16-10-17(23(31)27-2)5-7-20(16)21/h5,7,10,15,18-19,21-22H,3-4,6,8-9,11,13-14H2,1-2H3,(H,27,31)/t15-,18-,19+,21-,22+/m0/s1. The van der Waals surface area contributed by atoms with E-state index in [9.17, 15) is 19.6 Å². The molecule has 0 aromatic heterocycles. The summed E-state index contributed by atoms with van der Waals surface area (Å²) in [6, 6.07) is 7.83. The van der Waals surface area contributed by atoms with Gasteiger partial charge in [0, 0.05) is 44.2 Å². The number of piperazine rings is 1. The Morgan fingerprint density at radius 2 is 2.09 bits per heavy atom. The zero-order valence-electron chi connectivity index (χ0n) is 19.3. The number of carbonyl (C=O) groups excluding carboxylic acids is 3. The predicted octanol–water partition coefficient (Wildman–Crippen LogP) is 1.47. The topological polar surface area (TPSA) is 96.8 Å². The van der Waals surface area contributed by atoms with Crippen LogP contribution >= 0.6 is 0 Å². The van der Waals surface area contributed by atoms with Gasteiger partial charge in [-0.1, -0.05) is 13.0 Å². The number of aryl methyl sites for hydroxylation is 1. The number of fused-ring (bicyclic) bond motifs is 3. The molecule has 5 rings (SSSR count). The van der Waals surface area contributed by atoms with Gasteiger partial charge in [0.05, 0.1) is 18.2 Å². The maximum absolute atomic E-state index is 13.4. The highest BCUT2D eigenvalue weighted by atomic mass is 16.2. The SMILES string of the molecule is CNC(=O)c1ccc2c(c1)CC[C@@H]2N1C(=O)[C@H]2C[C@@H]1CN2C[C@H](C)C(=O)N1CCC[C@H]1C#N. The highest BCUT2D eigenvalue weighted by Crippen LogP contribution is 2.44. The van der Waals surface area contributed by atoms with E-state index < -0.39 is 0 Å². The van der Waals surface area contributed by atoms with Crippen molar-refractivity contribution in [2.45, 2.75) is 63.2 Å². The number of rotatable bonds is 5. The maximum atomic E-state index is 13.4. The molecule has 1 aliphatic carbocycles. The number of likely N-dealkylation sites (tertiary alicyclic amines) is 3. The lowest BCUT2D eigenvalue weighted by atomic mass is 10.0. The molecule has 1 aromatic rings. The molecule has 0 unspecified atom stereocenters. The van der Waals surface area contributed by atoms with Crippen molar-refractivity contribution in [2.75, 3.05) is 26.7 Å². The lowest BCUT2D eigenvalue weighted by Gasteiger charge is -2.38. The van der Waals surface area contributed by atoms with Crippen LogP contribution in [0.25, 0.3) is 0 Å². The fraction of sp³-hybridized carbons (Fsp3) is 0.600. The summed E-state index contributed by atoms with van der Waals surface area (Å²) < 4.78 is 0. The van der Waals surface area contributed by atoms with E-state index in [-0.39, 0.29) is 47.8 Å². The molecular formula is C25H31N5O3. The van der Waals surface area contributed by atoms with Crippen LogP contribution in [0.5, 0.6) is 0 Å². The summed E-state index contributed by atoms with van der Waals surface area (Å²) in [5.41, 5.74) is 2.98. The van der Waals surface area contributed by atoms with E-state index in [1.807, 2.05) is 25.1 Å². The van der Waals surface area contributed by atoms with E-state index in [0.717, 1.165) is 49.8 Å². The Labute approximate surface area is 194 Å². The van der Waals surface area contributed by atoms with Gasteiger partial charge in [-0.3, -0.25) is 19.3 Å². The third-order valence-corrected chi connectivity index (χ3v) is 7.94. The highest BCUT2D eigenvalue weighted by molar-refractivity contribution is 5.94. The minimum absolute atomic E-state index is 0.0303.